The Kier molecular flexibility index (Phi) is 4.95. The Labute approximate surface area is 79.4 Å². The van der Waals surface area contributed by atoms with E-state index in [9.17, 15) is 9.90 Å². The molecular formula is C9H19NO3. The Balaban J connectivity index is 4.25. The van der Waals surface area contributed by atoms with Crippen molar-refractivity contribution < 1.29 is 14.7 Å². The molecule has 0 aromatic carbocycles. The maximum atomic E-state index is 11.5. The molecule has 0 aliphatic heterocycles. The number of hydroxylamine groups is 2. The lowest BCUT2D eigenvalue weighted by atomic mass is 9.94. The van der Waals surface area contributed by atoms with Crippen molar-refractivity contribution in [3.63, 3.8) is 0 Å². The highest BCUT2D eigenvalue weighted by molar-refractivity contribution is 5.77. The molecule has 0 rings (SSSR count). The lowest BCUT2D eigenvalue weighted by Crippen LogP contribution is -2.38. The van der Waals surface area contributed by atoms with Crippen LogP contribution in [0.1, 0.15) is 20.8 Å². The van der Waals surface area contributed by atoms with E-state index in [1.807, 2.05) is 13.8 Å². The number of aliphatic hydroxyl groups excluding tert-OH is 1. The zero-order chi connectivity index (χ0) is 10.6. The summed E-state index contributed by atoms with van der Waals surface area (Å²) < 4.78 is 0. The molecule has 0 fully saturated rings. The van der Waals surface area contributed by atoms with E-state index < -0.39 is 12.0 Å². The second kappa shape index (κ2) is 5.19. The van der Waals surface area contributed by atoms with Crippen molar-refractivity contribution in [1.29, 1.82) is 0 Å². The minimum atomic E-state index is -0.620. The summed E-state index contributed by atoms with van der Waals surface area (Å²) in [5.41, 5.74) is 0. The van der Waals surface area contributed by atoms with Crippen LogP contribution < -0.4 is 0 Å². The molecule has 0 saturated carbocycles. The van der Waals surface area contributed by atoms with Crippen molar-refractivity contribution in [2.24, 2.45) is 11.8 Å². The number of rotatable bonds is 4. The van der Waals surface area contributed by atoms with E-state index in [0.29, 0.717) is 0 Å². The van der Waals surface area contributed by atoms with Gasteiger partial charge in [-0.25, -0.2) is 5.06 Å². The van der Waals surface area contributed by atoms with Crippen LogP contribution in [0.2, 0.25) is 0 Å². The number of hydrogen-bond donors (Lipinski definition) is 1. The summed E-state index contributed by atoms with van der Waals surface area (Å²) in [6, 6.07) is 0. The Morgan fingerprint density at radius 3 is 2.15 bits per heavy atom. The van der Waals surface area contributed by atoms with Crippen molar-refractivity contribution in [2.45, 2.75) is 26.9 Å². The Morgan fingerprint density at radius 1 is 1.38 bits per heavy atom. The summed E-state index contributed by atoms with van der Waals surface area (Å²) in [6.45, 7) is 5.45. The average Bonchev–Trinajstić information content (AvgIpc) is 2.12. The molecule has 0 aliphatic rings. The summed E-state index contributed by atoms with van der Waals surface area (Å²) in [5.74, 6) is -0.558. The maximum Gasteiger partial charge on any atom is 0.251 e. The Morgan fingerprint density at radius 2 is 1.85 bits per heavy atom. The average molecular weight is 189 g/mol. The van der Waals surface area contributed by atoms with Gasteiger partial charge in [0, 0.05) is 7.05 Å². The van der Waals surface area contributed by atoms with Crippen molar-refractivity contribution in [3.05, 3.63) is 0 Å². The third-order valence-electron chi connectivity index (χ3n) is 2.17. The van der Waals surface area contributed by atoms with Crippen molar-refractivity contribution in [2.75, 3.05) is 14.2 Å². The van der Waals surface area contributed by atoms with Gasteiger partial charge in [-0.3, -0.25) is 9.63 Å². The standard InChI is InChI=1S/C9H19NO3/c1-6(2)8(11)7(3)9(12)10(4)13-5/h6-8,11H,1-5H3/t7-,8+/m0/s1. The van der Waals surface area contributed by atoms with Gasteiger partial charge in [0.1, 0.15) is 0 Å². The highest BCUT2D eigenvalue weighted by Gasteiger charge is 2.26. The molecule has 1 amide bonds. The summed E-state index contributed by atoms with van der Waals surface area (Å²) in [5, 5.41) is 10.7. The Hall–Kier alpha value is -0.610. The van der Waals surface area contributed by atoms with Crippen LogP contribution in [-0.2, 0) is 9.63 Å². The first-order valence-corrected chi connectivity index (χ1v) is 4.41. The van der Waals surface area contributed by atoms with Crippen LogP contribution in [0.4, 0.5) is 0 Å². The summed E-state index contributed by atoms with van der Waals surface area (Å²) in [7, 11) is 2.96. The molecule has 0 aromatic heterocycles. The van der Waals surface area contributed by atoms with E-state index in [4.69, 9.17) is 4.84 Å². The fourth-order valence-corrected chi connectivity index (χ4v) is 1.10. The molecule has 0 unspecified atom stereocenters. The van der Waals surface area contributed by atoms with Gasteiger partial charge in [-0.2, -0.15) is 0 Å². The van der Waals surface area contributed by atoms with Gasteiger partial charge >= 0.3 is 0 Å². The molecule has 2 atom stereocenters. The second-order valence-electron chi connectivity index (χ2n) is 3.54. The first kappa shape index (κ1) is 12.4. The molecule has 0 aliphatic carbocycles. The van der Waals surface area contributed by atoms with E-state index >= 15 is 0 Å². The van der Waals surface area contributed by atoms with Gasteiger partial charge in [0.15, 0.2) is 0 Å². The van der Waals surface area contributed by atoms with Crippen LogP contribution in [0.3, 0.4) is 0 Å². The van der Waals surface area contributed by atoms with Gasteiger partial charge < -0.3 is 5.11 Å². The van der Waals surface area contributed by atoms with Crippen LogP contribution in [0.5, 0.6) is 0 Å². The third kappa shape index (κ3) is 3.32. The molecule has 0 radical (unpaired) electrons. The van der Waals surface area contributed by atoms with Crippen molar-refractivity contribution in [1.82, 2.24) is 5.06 Å². The fourth-order valence-electron chi connectivity index (χ4n) is 1.10. The molecule has 4 nitrogen and oxygen atoms in total. The molecule has 13 heavy (non-hydrogen) atoms. The van der Waals surface area contributed by atoms with E-state index in [0.717, 1.165) is 5.06 Å². The molecule has 4 heteroatoms. The number of amides is 1. The smallest absolute Gasteiger partial charge is 0.251 e. The van der Waals surface area contributed by atoms with E-state index in [-0.39, 0.29) is 11.8 Å². The van der Waals surface area contributed by atoms with Gasteiger partial charge in [0.2, 0.25) is 0 Å². The number of aliphatic hydroxyl groups is 1. The maximum absolute atomic E-state index is 11.5. The first-order valence-electron chi connectivity index (χ1n) is 4.41. The van der Waals surface area contributed by atoms with Gasteiger partial charge in [-0.05, 0) is 5.92 Å². The van der Waals surface area contributed by atoms with E-state index in [1.54, 1.807) is 6.92 Å². The molecule has 0 heterocycles. The molecule has 0 aromatic rings. The zero-order valence-corrected chi connectivity index (χ0v) is 8.94. The zero-order valence-electron chi connectivity index (χ0n) is 8.94. The monoisotopic (exact) mass is 189 g/mol. The highest BCUT2D eigenvalue weighted by atomic mass is 16.7. The first-order chi connectivity index (χ1) is 5.91. The van der Waals surface area contributed by atoms with E-state index in [2.05, 4.69) is 0 Å². The minimum Gasteiger partial charge on any atom is -0.392 e. The molecule has 1 N–H and O–H groups in total. The fraction of sp³-hybridized carbons (Fsp3) is 0.889. The van der Waals surface area contributed by atoms with E-state index in [1.165, 1.54) is 14.2 Å². The molecule has 0 bridgehead atoms. The van der Waals surface area contributed by atoms with Crippen LogP contribution in [0.25, 0.3) is 0 Å². The Bertz CT molecular complexity index is 170. The molecule has 78 valence electrons. The lowest BCUT2D eigenvalue weighted by Gasteiger charge is -2.24. The second-order valence-corrected chi connectivity index (χ2v) is 3.54. The normalized spacial score (nSPS) is 15.6. The van der Waals surface area contributed by atoms with Crippen LogP contribution >= 0.6 is 0 Å². The van der Waals surface area contributed by atoms with Crippen LogP contribution in [0, 0.1) is 11.8 Å². The predicted octanol–water partition coefficient (Wildman–Crippen LogP) is 0.659. The number of hydrogen-bond acceptors (Lipinski definition) is 3. The van der Waals surface area contributed by atoms with Gasteiger partial charge in [0.25, 0.3) is 5.91 Å². The lowest BCUT2D eigenvalue weighted by molar-refractivity contribution is -0.177. The summed E-state index contributed by atoms with van der Waals surface area (Å²) in [6.07, 6.45) is -0.620. The van der Waals surface area contributed by atoms with Crippen LogP contribution in [0.15, 0.2) is 0 Å². The highest BCUT2D eigenvalue weighted by Crippen LogP contribution is 2.14. The van der Waals surface area contributed by atoms with Crippen molar-refractivity contribution in [3.8, 4) is 0 Å². The summed E-state index contributed by atoms with van der Waals surface area (Å²) in [4.78, 5) is 16.2. The topological polar surface area (TPSA) is 49.8 Å². The van der Waals surface area contributed by atoms with Gasteiger partial charge in [0.05, 0.1) is 19.1 Å². The molecular weight excluding hydrogens is 170 g/mol. The van der Waals surface area contributed by atoms with Crippen molar-refractivity contribution >= 4 is 5.91 Å². The predicted molar refractivity (Wildman–Crippen MR) is 49.8 cm³/mol. The quantitative estimate of drug-likeness (QED) is 0.661. The summed E-state index contributed by atoms with van der Waals surface area (Å²) >= 11 is 0. The van der Waals surface area contributed by atoms with Gasteiger partial charge in [-0.15, -0.1) is 0 Å². The number of carbonyl (C=O) groups excluding carboxylic acids is 1. The van der Waals surface area contributed by atoms with Gasteiger partial charge in [-0.1, -0.05) is 20.8 Å². The minimum absolute atomic E-state index is 0.0733. The molecule has 0 spiro atoms. The van der Waals surface area contributed by atoms with Crippen LogP contribution in [-0.4, -0.2) is 36.3 Å². The molecule has 0 saturated heterocycles. The number of nitrogens with zero attached hydrogens (tertiary/aromatic N) is 1. The number of carbonyl (C=O) groups is 1. The largest absolute Gasteiger partial charge is 0.392 e. The third-order valence-corrected chi connectivity index (χ3v) is 2.17. The SMILES string of the molecule is CON(C)C(=O)[C@@H](C)[C@H](O)C(C)C.